The Labute approximate surface area is 179 Å². The Morgan fingerprint density at radius 2 is 1.10 bits per heavy atom. The molecule has 0 bridgehead atoms. The van der Waals surface area contributed by atoms with Gasteiger partial charge in [-0.3, -0.25) is 9.80 Å². The molecule has 2 fully saturated rings. The van der Waals surface area contributed by atoms with Crippen LogP contribution >= 0.6 is 0 Å². The van der Waals surface area contributed by atoms with Crippen LogP contribution in [0.2, 0.25) is 0 Å². The van der Waals surface area contributed by atoms with Crippen molar-refractivity contribution < 1.29 is 9.47 Å². The summed E-state index contributed by atoms with van der Waals surface area (Å²) >= 11 is 0. The molecule has 2 saturated heterocycles. The topological polar surface area (TPSA) is 77.0 Å². The SMILES string of the molecule is NC(C1CN(Cc2ccccc2)CCO1)C(N)[C@H]1CN(Cc2ccccc2)CCO1. The zero-order chi connectivity index (χ0) is 20.8. The molecule has 0 radical (unpaired) electrons. The summed E-state index contributed by atoms with van der Waals surface area (Å²) in [5.41, 5.74) is 15.8. The van der Waals surface area contributed by atoms with Crippen molar-refractivity contribution in [3.63, 3.8) is 0 Å². The van der Waals surface area contributed by atoms with Gasteiger partial charge in [-0.2, -0.15) is 0 Å². The third kappa shape index (κ3) is 5.66. The van der Waals surface area contributed by atoms with Gasteiger partial charge in [0.2, 0.25) is 0 Å². The molecule has 3 unspecified atom stereocenters. The summed E-state index contributed by atoms with van der Waals surface area (Å²) in [5.74, 6) is 0. The van der Waals surface area contributed by atoms with Crippen LogP contribution in [0.15, 0.2) is 60.7 Å². The fourth-order valence-electron chi connectivity index (χ4n) is 4.40. The highest BCUT2D eigenvalue weighted by Crippen LogP contribution is 2.18. The predicted octanol–water partition coefficient (Wildman–Crippen LogP) is 1.44. The first-order chi connectivity index (χ1) is 14.7. The molecule has 30 heavy (non-hydrogen) atoms. The van der Waals surface area contributed by atoms with Crippen molar-refractivity contribution in [3.8, 4) is 0 Å². The zero-order valence-corrected chi connectivity index (χ0v) is 17.6. The summed E-state index contributed by atoms with van der Waals surface area (Å²) < 4.78 is 12.1. The van der Waals surface area contributed by atoms with E-state index in [9.17, 15) is 0 Å². The molecule has 0 aromatic heterocycles. The number of morpholine rings is 2. The van der Waals surface area contributed by atoms with Crippen LogP contribution in [-0.4, -0.2) is 73.5 Å². The van der Waals surface area contributed by atoms with E-state index >= 15 is 0 Å². The van der Waals surface area contributed by atoms with Crippen molar-refractivity contribution in [2.24, 2.45) is 11.5 Å². The van der Waals surface area contributed by atoms with Crippen LogP contribution in [0.3, 0.4) is 0 Å². The summed E-state index contributed by atoms with van der Waals surface area (Å²) in [5, 5.41) is 0. The summed E-state index contributed by atoms with van der Waals surface area (Å²) in [7, 11) is 0. The van der Waals surface area contributed by atoms with Gasteiger partial charge in [0.15, 0.2) is 0 Å². The van der Waals surface area contributed by atoms with Gasteiger partial charge in [-0.15, -0.1) is 0 Å². The Balaban J connectivity index is 1.31. The third-order valence-electron chi connectivity index (χ3n) is 6.16. The second-order valence-electron chi connectivity index (χ2n) is 8.41. The minimum Gasteiger partial charge on any atom is -0.374 e. The molecule has 6 heteroatoms. The molecule has 4 N–H and O–H groups in total. The van der Waals surface area contributed by atoms with Crippen molar-refractivity contribution in [1.82, 2.24) is 9.80 Å². The van der Waals surface area contributed by atoms with E-state index in [-0.39, 0.29) is 24.3 Å². The monoisotopic (exact) mass is 410 g/mol. The minimum atomic E-state index is -0.259. The molecule has 6 nitrogen and oxygen atoms in total. The van der Waals surface area contributed by atoms with Gasteiger partial charge in [0.1, 0.15) is 0 Å². The standard InChI is InChI=1S/C24H34N4O2/c25-23(21-17-27(11-13-29-21)15-19-7-3-1-4-8-19)24(26)22-18-28(12-14-30-22)16-20-9-5-2-6-10-20/h1-10,21-24H,11-18,25-26H2/t21-,22?,23?,24?/m1/s1. The Bertz CT molecular complexity index is 695. The largest absolute Gasteiger partial charge is 0.374 e. The number of ether oxygens (including phenoxy) is 2. The molecule has 2 aromatic carbocycles. The maximum absolute atomic E-state index is 6.60. The lowest BCUT2D eigenvalue weighted by atomic mass is 9.96. The number of rotatable bonds is 7. The van der Waals surface area contributed by atoms with Gasteiger partial charge in [-0.05, 0) is 11.1 Å². The quantitative estimate of drug-likeness (QED) is 0.719. The fraction of sp³-hybridized carbons (Fsp3) is 0.500. The van der Waals surface area contributed by atoms with Crippen LogP contribution in [0.5, 0.6) is 0 Å². The Morgan fingerprint density at radius 3 is 1.50 bits per heavy atom. The van der Waals surface area contributed by atoms with E-state index in [0.717, 1.165) is 39.3 Å². The second-order valence-corrected chi connectivity index (χ2v) is 8.41. The Hall–Kier alpha value is -1.80. The first kappa shape index (κ1) is 21.4. The van der Waals surface area contributed by atoms with E-state index < -0.39 is 0 Å². The van der Waals surface area contributed by atoms with Crippen LogP contribution < -0.4 is 11.5 Å². The van der Waals surface area contributed by atoms with Crippen molar-refractivity contribution in [2.45, 2.75) is 37.4 Å². The number of hydrogen-bond acceptors (Lipinski definition) is 6. The average Bonchev–Trinajstić information content (AvgIpc) is 2.80. The molecule has 0 amide bonds. The normalized spacial score (nSPS) is 25.7. The number of nitrogens with two attached hydrogens (primary N) is 2. The summed E-state index contributed by atoms with van der Waals surface area (Å²) in [6.45, 7) is 6.61. The highest BCUT2D eigenvalue weighted by molar-refractivity contribution is 5.15. The van der Waals surface area contributed by atoms with Crippen LogP contribution in [0.4, 0.5) is 0 Å². The maximum Gasteiger partial charge on any atom is 0.0869 e. The molecule has 2 aromatic rings. The molecule has 4 atom stereocenters. The lowest BCUT2D eigenvalue weighted by Gasteiger charge is -2.41. The molecular weight excluding hydrogens is 376 g/mol. The summed E-state index contributed by atoms with van der Waals surface area (Å²) in [4.78, 5) is 4.80. The Kier molecular flexibility index (Phi) is 7.49. The number of hydrogen-bond donors (Lipinski definition) is 2. The average molecular weight is 411 g/mol. The van der Waals surface area contributed by atoms with Gasteiger partial charge in [0, 0.05) is 51.4 Å². The molecule has 0 aliphatic carbocycles. The van der Waals surface area contributed by atoms with Crippen LogP contribution in [0.1, 0.15) is 11.1 Å². The highest BCUT2D eigenvalue weighted by atomic mass is 16.5. The lowest BCUT2D eigenvalue weighted by molar-refractivity contribution is -0.0786. The Morgan fingerprint density at radius 1 is 0.700 bits per heavy atom. The van der Waals surface area contributed by atoms with Gasteiger partial charge in [0.25, 0.3) is 0 Å². The predicted molar refractivity (Wildman–Crippen MR) is 119 cm³/mol. The van der Waals surface area contributed by atoms with Crippen molar-refractivity contribution in [2.75, 3.05) is 39.4 Å². The molecule has 0 spiro atoms. The summed E-state index contributed by atoms with van der Waals surface area (Å²) in [6, 6.07) is 20.5. The fourth-order valence-corrected chi connectivity index (χ4v) is 4.40. The second kappa shape index (κ2) is 10.5. The highest BCUT2D eigenvalue weighted by Gasteiger charge is 2.36. The maximum atomic E-state index is 6.60. The van der Waals surface area contributed by atoms with Gasteiger partial charge in [-0.1, -0.05) is 60.7 Å². The third-order valence-corrected chi connectivity index (χ3v) is 6.16. The minimum absolute atomic E-state index is 0.0782. The van der Waals surface area contributed by atoms with Gasteiger partial charge in [-0.25, -0.2) is 0 Å². The van der Waals surface area contributed by atoms with E-state index in [0.29, 0.717) is 13.2 Å². The van der Waals surface area contributed by atoms with E-state index in [1.165, 1.54) is 11.1 Å². The van der Waals surface area contributed by atoms with Crippen LogP contribution in [0.25, 0.3) is 0 Å². The van der Waals surface area contributed by atoms with Crippen LogP contribution in [0, 0.1) is 0 Å². The smallest absolute Gasteiger partial charge is 0.0869 e. The molecule has 2 aliphatic rings. The van der Waals surface area contributed by atoms with E-state index in [4.69, 9.17) is 20.9 Å². The first-order valence-corrected chi connectivity index (χ1v) is 11.0. The number of benzene rings is 2. The lowest BCUT2D eigenvalue weighted by Crippen LogP contribution is -2.63. The van der Waals surface area contributed by atoms with Gasteiger partial charge >= 0.3 is 0 Å². The van der Waals surface area contributed by atoms with E-state index in [1.54, 1.807) is 0 Å². The molecule has 2 aliphatic heterocycles. The first-order valence-electron chi connectivity index (χ1n) is 11.0. The van der Waals surface area contributed by atoms with Gasteiger partial charge < -0.3 is 20.9 Å². The number of nitrogens with zero attached hydrogens (tertiary/aromatic N) is 2. The van der Waals surface area contributed by atoms with Crippen molar-refractivity contribution in [3.05, 3.63) is 71.8 Å². The molecule has 0 saturated carbocycles. The molecule has 4 rings (SSSR count). The zero-order valence-electron chi connectivity index (χ0n) is 17.6. The van der Waals surface area contributed by atoms with E-state index in [2.05, 4.69) is 58.3 Å². The molecule has 162 valence electrons. The molecular formula is C24H34N4O2. The van der Waals surface area contributed by atoms with Gasteiger partial charge in [0.05, 0.1) is 25.4 Å². The molecule has 2 heterocycles. The van der Waals surface area contributed by atoms with Crippen molar-refractivity contribution in [1.29, 1.82) is 0 Å². The summed E-state index contributed by atoms with van der Waals surface area (Å²) in [6.07, 6.45) is -0.156. The van der Waals surface area contributed by atoms with Crippen LogP contribution in [-0.2, 0) is 22.6 Å². The van der Waals surface area contributed by atoms with Crippen molar-refractivity contribution >= 4 is 0 Å². The van der Waals surface area contributed by atoms with E-state index in [1.807, 2.05) is 12.1 Å².